The highest BCUT2D eigenvalue weighted by Crippen LogP contribution is 2.57. The summed E-state index contributed by atoms with van der Waals surface area (Å²) in [6.45, 7) is 3.36. The SMILES string of the molecule is C#C.C/C(O)=C/O.CC(/C=N/C=C\C=C/C=C/C=C/C(=N)c1ccccc1)=C1\COc2c(O)c(O)c(-c3ccc4c5ccccc5c5ccccc5c4c3)c(O)c21. The number of hydrogen-bond acceptors (Lipinski definition) is 8. The normalized spacial score (nSPS) is 13.6. The summed E-state index contributed by atoms with van der Waals surface area (Å²) in [6, 6.07) is 31.8. The van der Waals surface area contributed by atoms with E-state index in [1.807, 2.05) is 110 Å². The number of hydrogen-bond donors (Lipinski definition) is 6. The van der Waals surface area contributed by atoms with Crippen LogP contribution < -0.4 is 4.74 Å². The highest BCUT2D eigenvalue weighted by atomic mass is 16.5. The van der Waals surface area contributed by atoms with Crippen LogP contribution in [0, 0.1) is 18.3 Å². The molecule has 1 heterocycles. The van der Waals surface area contributed by atoms with Gasteiger partial charge in [0, 0.05) is 18.0 Å². The number of aliphatic hydroxyl groups excluding tert-OH is 2. The number of nitrogens with one attached hydrogen (secondary N) is 1. The Morgan fingerprint density at radius 3 is 1.79 bits per heavy atom. The Bertz CT molecular complexity index is 2640. The van der Waals surface area contributed by atoms with E-state index in [9.17, 15) is 15.3 Å². The summed E-state index contributed by atoms with van der Waals surface area (Å²) in [4.78, 5) is 4.39. The zero-order chi connectivity index (χ0) is 40.9. The Morgan fingerprint density at radius 1 is 0.667 bits per heavy atom. The summed E-state index contributed by atoms with van der Waals surface area (Å²) in [7, 11) is 0. The molecule has 8 nitrogen and oxygen atoms in total. The quantitative estimate of drug-likeness (QED) is 0.0173. The first-order chi connectivity index (χ1) is 27.7. The molecule has 0 aliphatic carbocycles. The molecule has 0 saturated heterocycles. The molecule has 57 heavy (non-hydrogen) atoms. The third-order valence-corrected chi connectivity index (χ3v) is 9.08. The fraction of sp³-hybridized carbons (Fsp3) is 0.0612. The molecule has 0 aromatic heterocycles. The molecule has 7 rings (SSSR count). The van der Waals surface area contributed by atoms with E-state index in [-0.39, 0.29) is 29.4 Å². The number of phenols is 3. The number of fused-ring (bicyclic) bond motifs is 7. The van der Waals surface area contributed by atoms with Gasteiger partial charge >= 0.3 is 0 Å². The molecule has 0 unspecified atom stereocenters. The number of allylic oxidation sites excluding steroid dienone is 9. The molecule has 0 spiro atoms. The molecule has 0 saturated carbocycles. The third kappa shape index (κ3) is 8.97. The molecule has 1 aliphatic heterocycles. The van der Waals surface area contributed by atoms with Crippen molar-refractivity contribution in [1.82, 2.24) is 0 Å². The van der Waals surface area contributed by atoms with Crippen molar-refractivity contribution >= 4 is 49.8 Å². The molecular formula is C49H42N2O6. The van der Waals surface area contributed by atoms with Gasteiger partial charge in [-0.15, -0.1) is 12.8 Å². The van der Waals surface area contributed by atoms with Crippen LogP contribution in [0.3, 0.4) is 0 Å². The van der Waals surface area contributed by atoms with E-state index < -0.39 is 11.5 Å². The number of phenolic OH excluding ortho intramolecular Hbond substituents is 3. The van der Waals surface area contributed by atoms with Gasteiger partial charge < -0.3 is 35.7 Å². The summed E-state index contributed by atoms with van der Waals surface area (Å²) >= 11 is 0. The lowest BCUT2D eigenvalue weighted by Crippen LogP contribution is -1.93. The monoisotopic (exact) mass is 754 g/mol. The molecule has 0 atom stereocenters. The largest absolute Gasteiger partial charge is 0.512 e. The van der Waals surface area contributed by atoms with Crippen molar-refractivity contribution in [3.05, 3.63) is 175 Å². The standard InChI is InChI=1S/C44H34N2O4.C3H6O2.C2H2/c1-28(26-46-24-14-5-3-2-4-9-21-38(45)29-15-7-6-8-16-29)37-27-50-44-40(37)41(47)39(42(48)43(44)49)30-22-23-35-33-19-11-10-17-31(33)32-18-12-13-20-34(32)36(35)25-30;1-3(5)2-4;1-2/h2-26,45,47-49H,27H2,1H3;2,4-5H,1H3;1-2H/b4-2+,5-3-,21-9+,24-14-,37-28-,45-38?,46-26+;3-2-;. The Labute approximate surface area is 331 Å². The molecular weight excluding hydrogens is 713 g/mol. The predicted octanol–water partition coefficient (Wildman–Crippen LogP) is 11.6. The van der Waals surface area contributed by atoms with Crippen LogP contribution in [0.2, 0.25) is 0 Å². The van der Waals surface area contributed by atoms with Crippen LogP contribution in [0.25, 0.3) is 49.0 Å². The predicted molar refractivity (Wildman–Crippen MR) is 235 cm³/mol. The average molecular weight is 755 g/mol. The van der Waals surface area contributed by atoms with Crippen molar-refractivity contribution in [2.75, 3.05) is 6.61 Å². The number of nitrogens with zero attached hydrogens (tertiary/aromatic N) is 1. The zero-order valence-electron chi connectivity index (χ0n) is 31.5. The van der Waals surface area contributed by atoms with Crippen molar-refractivity contribution in [2.45, 2.75) is 13.8 Å². The maximum atomic E-state index is 11.7. The first-order valence-corrected chi connectivity index (χ1v) is 17.9. The number of terminal acetylenes is 1. The second kappa shape index (κ2) is 19.0. The summed E-state index contributed by atoms with van der Waals surface area (Å²) in [5.41, 5.74) is 3.76. The van der Waals surface area contributed by atoms with Crippen LogP contribution in [0.1, 0.15) is 25.0 Å². The molecule has 6 N–H and O–H groups in total. The topological polar surface area (TPSA) is 147 Å². The lowest BCUT2D eigenvalue weighted by Gasteiger charge is -2.16. The maximum Gasteiger partial charge on any atom is 0.202 e. The van der Waals surface area contributed by atoms with Crippen molar-refractivity contribution in [1.29, 1.82) is 5.41 Å². The first kappa shape index (κ1) is 40.4. The van der Waals surface area contributed by atoms with Gasteiger partial charge in [0.1, 0.15) is 24.4 Å². The van der Waals surface area contributed by atoms with Crippen molar-refractivity contribution in [2.24, 2.45) is 4.99 Å². The van der Waals surface area contributed by atoms with E-state index in [1.54, 1.807) is 24.6 Å². The fourth-order valence-corrected chi connectivity index (χ4v) is 6.43. The summed E-state index contributed by atoms with van der Waals surface area (Å²) in [5, 5.41) is 64.2. The van der Waals surface area contributed by atoms with Gasteiger partial charge in [0.2, 0.25) is 5.75 Å². The first-order valence-electron chi connectivity index (χ1n) is 17.9. The van der Waals surface area contributed by atoms with Gasteiger partial charge in [0.05, 0.1) is 16.8 Å². The van der Waals surface area contributed by atoms with Crippen molar-refractivity contribution in [3.63, 3.8) is 0 Å². The van der Waals surface area contributed by atoms with Gasteiger partial charge in [-0.1, -0.05) is 121 Å². The highest BCUT2D eigenvalue weighted by Gasteiger charge is 2.33. The molecule has 0 amide bonds. The van der Waals surface area contributed by atoms with Crippen molar-refractivity contribution < 1.29 is 30.3 Å². The average Bonchev–Trinajstić information content (AvgIpc) is 3.71. The van der Waals surface area contributed by atoms with Crippen LogP contribution in [0.5, 0.6) is 23.0 Å². The Hall–Kier alpha value is -7.76. The van der Waals surface area contributed by atoms with Crippen LogP contribution in [0.15, 0.2) is 168 Å². The lowest BCUT2D eigenvalue weighted by atomic mass is 9.90. The summed E-state index contributed by atoms with van der Waals surface area (Å²) < 4.78 is 5.78. The van der Waals surface area contributed by atoms with Crippen LogP contribution in [-0.4, -0.2) is 44.1 Å². The molecule has 0 radical (unpaired) electrons. The van der Waals surface area contributed by atoms with Crippen LogP contribution in [0.4, 0.5) is 0 Å². The maximum absolute atomic E-state index is 11.7. The number of aliphatic hydroxyl groups is 2. The van der Waals surface area contributed by atoms with Crippen molar-refractivity contribution in [3.8, 4) is 47.0 Å². The Morgan fingerprint density at radius 2 is 1.19 bits per heavy atom. The zero-order valence-corrected chi connectivity index (χ0v) is 31.5. The number of ether oxygens (including phenoxy) is 1. The molecule has 6 aromatic carbocycles. The smallest absolute Gasteiger partial charge is 0.202 e. The highest BCUT2D eigenvalue weighted by molar-refractivity contribution is 6.25. The van der Waals surface area contributed by atoms with Crippen LogP contribution in [-0.2, 0) is 0 Å². The van der Waals surface area contributed by atoms with E-state index in [0.717, 1.165) is 43.5 Å². The van der Waals surface area contributed by atoms with E-state index in [4.69, 9.17) is 20.4 Å². The Balaban J connectivity index is 0.000000823. The van der Waals surface area contributed by atoms with E-state index in [2.05, 4.69) is 42.1 Å². The van der Waals surface area contributed by atoms with Gasteiger partial charge in [0.15, 0.2) is 11.5 Å². The molecule has 284 valence electrons. The second-order valence-corrected chi connectivity index (χ2v) is 12.7. The molecule has 0 fully saturated rings. The van der Waals surface area contributed by atoms with E-state index in [1.165, 1.54) is 6.92 Å². The van der Waals surface area contributed by atoms with Gasteiger partial charge in [0.25, 0.3) is 0 Å². The van der Waals surface area contributed by atoms with Gasteiger partial charge in [-0.2, -0.15) is 0 Å². The number of rotatable bonds is 8. The number of benzene rings is 6. The van der Waals surface area contributed by atoms with Crippen LogP contribution >= 0.6 is 0 Å². The van der Waals surface area contributed by atoms with E-state index >= 15 is 0 Å². The minimum absolute atomic E-state index is 0.0435. The van der Waals surface area contributed by atoms with E-state index in [0.29, 0.717) is 28.7 Å². The van der Waals surface area contributed by atoms with Gasteiger partial charge in [-0.25, -0.2) is 0 Å². The molecule has 0 bridgehead atoms. The van der Waals surface area contributed by atoms with Gasteiger partial charge in [-0.05, 0) is 81.1 Å². The minimum atomic E-state index is -0.438. The molecule has 1 aliphatic rings. The summed E-state index contributed by atoms with van der Waals surface area (Å²) in [6.07, 6.45) is 24.7. The summed E-state index contributed by atoms with van der Waals surface area (Å²) in [5.74, 6) is -1.04. The minimum Gasteiger partial charge on any atom is -0.512 e. The third-order valence-electron chi connectivity index (χ3n) is 9.08. The second-order valence-electron chi connectivity index (χ2n) is 12.7. The Kier molecular flexibility index (Phi) is 13.5. The fourth-order valence-electron chi connectivity index (χ4n) is 6.43. The molecule has 8 heteroatoms. The van der Waals surface area contributed by atoms with Gasteiger partial charge in [-0.3, -0.25) is 4.99 Å². The molecule has 6 aromatic rings. The number of aliphatic imine (C=N–C) groups is 1. The number of aromatic hydroxyl groups is 3. The lowest BCUT2D eigenvalue weighted by molar-refractivity contribution is 0.338.